The van der Waals surface area contributed by atoms with Crippen LogP contribution in [0.25, 0.3) is 0 Å². The van der Waals surface area contributed by atoms with E-state index in [-0.39, 0.29) is 29.1 Å². The van der Waals surface area contributed by atoms with Crippen molar-refractivity contribution in [3.63, 3.8) is 0 Å². The molecule has 4 aromatic rings. The number of ether oxygens (including phenoxy) is 1. The molecule has 2 amide bonds. The average molecular weight is 618 g/mol. The van der Waals surface area contributed by atoms with Gasteiger partial charge in [0, 0.05) is 25.1 Å². The number of anilines is 1. The molecular formula is C34H36FN3O5S. The molecule has 1 N–H and O–H groups in total. The molecule has 1 unspecified atom stereocenters. The number of nitrogens with zero attached hydrogens (tertiary/aromatic N) is 2. The maximum absolute atomic E-state index is 14.9. The molecule has 0 aliphatic heterocycles. The van der Waals surface area contributed by atoms with Crippen LogP contribution in [0.1, 0.15) is 25.0 Å². The molecule has 44 heavy (non-hydrogen) atoms. The first-order chi connectivity index (χ1) is 21.2. The summed E-state index contributed by atoms with van der Waals surface area (Å²) in [4.78, 5) is 29.0. The summed E-state index contributed by atoms with van der Waals surface area (Å²) in [5, 5.41) is 2.79. The van der Waals surface area contributed by atoms with Crippen molar-refractivity contribution in [2.45, 2.75) is 37.8 Å². The summed E-state index contributed by atoms with van der Waals surface area (Å²) < 4.78 is 49.5. The number of likely N-dealkylation sites (N-methyl/N-ethyl adjacent to an activating group) is 1. The largest absolute Gasteiger partial charge is 0.494 e. The summed E-state index contributed by atoms with van der Waals surface area (Å²) in [7, 11) is -4.25. The van der Waals surface area contributed by atoms with Crippen LogP contribution in [0.15, 0.2) is 114 Å². The zero-order valence-electron chi connectivity index (χ0n) is 24.7. The van der Waals surface area contributed by atoms with Gasteiger partial charge < -0.3 is 15.0 Å². The van der Waals surface area contributed by atoms with E-state index in [2.05, 4.69) is 5.32 Å². The molecule has 0 radical (unpaired) electrons. The molecule has 0 aliphatic carbocycles. The van der Waals surface area contributed by atoms with Crippen molar-refractivity contribution in [2.24, 2.45) is 0 Å². The molecule has 10 heteroatoms. The first-order valence-electron chi connectivity index (χ1n) is 14.4. The second kappa shape index (κ2) is 15.2. The van der Waals surface area contributed by atoms with Crippen molar-refractivity contribution in [1.29, 1.82) is 0 Å². The minimum absolute atomic E-state index is 0.0391. The Labute approximate surface area is 258 Å². The highest BCUT2D eigenvalue weighted by Gasteiger charge is 2.34. The fourth-order valence-electron chi connectivity index (χ4n) is 4.78. The van der Waals surface area contributed by atoms with Gasteiger partial charge in [-0.25, -0.2) is 12.8 Å². The summed E-state index contributed by atoms with van der Waals surface area (Å²) in [6.07, 6.45) is 0.143. The second-order valence-corrected chi connectivity index (χ2v) is 11.8. The van der Waals surface area contributed by atoms with Gasteiger partial charge in [0.05, 0.1) is 17.2 Å². The quantitative estimate of drug-likeness (QED) is 0.210. The van der Waals surface area contributed by atoms with Gasteiger partial charge in [0.2, 0.25) is 11.8 Å². The van der Waals surface area contributed by atoms with E-state index in [4.69, 9.17) is 4.74 Å². The molecule has 0 heterocycles. The molecule has 0 bridgehead atoms. The lowest BCUT2D eigenvalue weighted by atomic mass is 10.0. The van der Waals surface area contributed by atoms with Crippen LogP contribution in [0.4, 0.5) is 10.1 Å². The molecule has 0 spiro atoms. The number of para-hydroxylation sites is 1. The van der Waals surface area contributed by atoms with Crippen LogP contribution in [0, 0.1) is 5.82 Å². The minimum atomic E-state index is -4.25. The lowest BCUT2D eigenvalue weighted by molar-refractivity contribution is -0.140. The molecule has 0 saturated carbocycles. The Morgan fingerprint density at radius 1 is 0.841 bits per heavy atom. The highest BCUT2D eigenvalue weighted by Crippen LogP contribution is 2.26. The van der Waals surface area contributed by atoms with Crippen LogP contribution in [-0.2, 0) is 32.6 Å². The molecule has 230 valence electrons. The monoisotopic (exact) mass is 617 g/mol. The zero-order valence-corrected chi connectivity index (χ0v) is 25.5. The lowest BCUT2D eigenvalue weighted by Crippen LogP contribution is -2.53. The van der Waals surface area contributed by atoms with Crippen molar-refractivity contribution in [2.75, 3.05) is 24.0 Å². The van der Waals surface area contributed by atoms with Gasteiger partial charge in [0.15, 0.2) is 0 Å². The van der Waals surface area contributed by atoms with Crippen molar-refractivity contribution in [3.8, 4) is 5.75 Å². The Kier molecular flexibility index (Phi) is 11.1. The van der Waals surface area contributed by atoms with Crippen LogP contribution in [-0.4, -0.2) is 50.9 Å². The molecule has 4 aromatic carbocycles. The zero-order chi connectivity index (χ0) is 31.5. The third-order valence-corrected chi connectivity index (χ3v) is 8.75. The van der Waals surface area contributed by atoms with E-state index in [0.717, 1.165) is 9.87 Å². The topological polar surface area (TPSA) is 96.0 Å². The summed E-state index contributed by atoms with van der Waals surface area (Å²) in [6.45, 7) is 3.45. The number of hydrogen-bond acceptors (Lipinski definition) is 5. The fourth-order valence-corrected chi connectivity index (χ4v) is 6.20. The molecule has 0 fully saturated rings. The Morgan fingerprint density at radius 2 is 1.45 bits per heavy atom. The third kappa shape index (κ3) is 8.02. The molecule has 8 nitrogen and oxygen atoms in total. The van der Waals surface area contributed by atoms with Gasteiger partial charge in [-0.3, -0.25) is 13.9 Å². The molecular weight excluding hydrogens is 581 g/mol. The van der Waals surface area contributed by atoms with Crippen molar-refractivity contribution < 1.29 is 27.1 Å². The van der Waals surface area contributed by atoms with E-state index in [1.807, 2.05) is 37.3 Å². The summed E-state index contributed by atoms with van der Waals surface area (Å²) in [5.41, 5.74) is 1.25. The molecule has 4 rings (SSSR count). The normalized spacial score (nSPS) is 11.8. The van der Waals surface area contributed by atoms with E-state index < -0.39 is 40.2 Å². The van der Waals surface area contributed by atoms with Crippen LogP contribution < -0.4 is 14.4 Å². The molecule has 0 saturated heterocycles. The summed E-state index contributed by atoms with van der Waals surface area (Å²) in [6, 6.07) is 28.3. The summed E-state index contributed by atoms with van der Waals surface area (Å²) >= 11 is 0. The number of sulfonamides is 1. The van der Waals surface area contributed by atoms with E-state index >= 15 is 0 Å². The van der Waals surface area contributed by atoms with Crippen LogP contribution >= 0.6 is 0 Å². The number of benzene rings is 4. The smallest absolute Gasteiger partial charge is 0.264 e. The van der Waals surface area contributed by atoms with Crippen molar-refractivity contribution in [3.05, 3.63) is 126 Å². The second-order valence-electron chi connectivity index (χ2n) is 9.96. The number of halogens is 1. The Balaban J connectivity index is 1.77. The average Bonchev–Trinajstić information content (AvgIpc) is 3.03. The van der Waals surface area contributed by atoms with E-state index in [1.165, 1.54) is 29.2 Å². The van der Waals surface area contributed by atoms with Gasteiger partial charge in [-0.05, 0) is 61.9 Å². The third-order valence-electron chi connectivity index (χ3n) is 6.97. The van der Waals surface area contributed by atoms with Crippen molar-refractivity contribution >= 4 is 27.5 Å². The standard InChI is InChI=1S/C34H36FN3O5S/c1-3-36-34(40)32(23-26-13-7-5-8-14-26)37(24-27-15-11-12-18-31(27)35)33(39)25-38(28-16-9-6-10-17-28)44(41,42)30-21-19-29(20-22-30)43-4-2/h5-22,32H,3-4,23-25H2,1-2H3,(H,36,40). The van der Waals surface area contributed by atoms with Crippen LogP contribution in [0.2, 0.25) is 0 Å². The van der Waals surface area contributed by atoms with Gasteiger partial charge in [0.1, 0.15) is 24.2 Å². The van der Waals surface area contributed by atoms with E-state index in [1.54, 1.807) is 61.5 Å². The number of carbonyl (C=O) groups is 2. The first-order valence-corrected chi connectivity index (χ1v) is 15.8. The van der Waals surface area contributed by atoms with Gasteiger partial charge in [-0.2, -0.15) is 0 Å². The minimum Gasteiger partial charge on any atom is -0.494 e. The van der Waals surface area contributed by atoms with Gasteiger partial charge in [-0.15, -0.1) is 0 Å². The number of rotatable bonds is 14. The molecule has 0 aromatic heterocycles. The maximum atomic E-state index is 14.9. The predicted octanol–water partition coefficient (Wildman–Crippen LogP) is 5.20. The Morgan fingerprint density at radius 3 is 2.07 bits per heavy atom. The number of hydrogen-bond donors (Lipinski definition) is 1. The van der Waals surface area contributed by atoms with E-state index in [0.29, 0.717) is 18.9 Å². The highest BCUT2D eigenvalue weighted by atomic mass is 32.2. The van der Waals surface area contributed by atoms with Crippen LogP contribution in [0.5, 0.6) is 5.75 Å². The highest BCUT2D eigenvalue weighted by molar-refractivity contribution is 7.92. The Bertz CT molecular complexity index is 1630. The van der Waals surface area contributed by atoms with Gasteiger partial charge in [0.25, 0.3) is 10.0 Å². The number of amides is 2. The van der Waals surface area contributed by atoms with Crippen molar-refractivity contribution in [1.82, 2.24) is 10.2 Å². The maximum Gasteiger partial charge on any atom is 0.264 e. The predicted molar refractivity (Wildman–Crippen MR) is 168 cm³/mol. The number of carbonyl (C=O) groups excluding carboxylic acids is 2. The first kappa shape index (κ1) is 32.2. The van der Waals surface area contributed by atoms with E-state index in [9.17, 15) is 22.4 Å². The number of nitrogens with one attached hydrogen (secondary N) is 1. The molecule has 1 atom stereocenters. The SMILES string of the molecule is CCNC(=O)C(Cc1ccccc1)N(Cc1ccccc1F)C(=O)CN(c1ccccc1)S(=O)(=O)c1ccc(OCC)cc1. The van der Waals surface area contributed by atoms with Gasteiger partial charge >= 0.3 is 0 Å². The Hall–Kier alpha value is -4.70. The lowest BCUT2D eigenvalue weighted by Gasteiger charge is -2.34. The fraction of sp³-hybridized carbons (Fsp3) is 0.235. The van der Waals surface area contributed by atoms with Gasteiger partial charge in [-0.1, -0.05) is 66.7 Å². The molecule has 0 aliphatic rings. The van der Waals surface area contributed by atoms with Crippen LogP contribution in [0.3, 0.4) is 0 Å². The summed E-state index contributed by atoms with van der Waals surface area (Å²) in [5.74, 6) is -1.13.